The van der Waals surface area contributed by atoms with Gasteiger partial charge in [0.05, 0.1) is 29.7 Å². The molecule has 3 fully saturated rings. The lowest BCUT2D eigenvalue weighted by molar-refractivity contribution is -0.123. The highest BCUT2D eigenvalue weighted by molar-refractivity contribution is 8.00. The van der Waals surface area contributed by atoms with Crippen molar-refractivity contribution in [3.8, 4) is 11.5 Å². The second-order valence-corrected chi connectivity index (χ2v) is 14.3. The van der Waals surface area contributed by atoms with Gasteiger partial charge in [0.2, 0.25) is 11.8 Å². The highest BCUT2D eigenvalue weighted by Crippen LogP contribution is 2.68. The normalized spacial score (nSPS) is 27.3. The molecule has 8 rings (SSSR count). The van der Waals surface area contributed by atoms with Crippen LogP contribution in [0.4, 0.5) is 15.8 Å². The molecule has 2 saturated carbocycles. The number of rotatable bonds is 7. The first-order chi connectivity index (χ1) is 22.3. The van der Waals surface area contributed by atoms with E-state index in [1.165, 1.54) is 40.5 Å². The number of thioether (sulfide) groups is 1. The number of aromatic nitrogens is 1. The Morgan fingerprint density at radius 1 is 0.935 bits per heavy atom. The quantitative estimate of drug-likeness (QED) is 0.260. The number of methoxy groups -OCH3 is 1. The molecular weight excluding hydrogens is 630 g/mol. The van der Waals surface area contributed by atoms with Crippen molar-refractivity contribution in [3.05, 3.63) is 98.7 Å². The van der Waals surface area contributed by atoms with Gasteiger partial charge < -0.3 is 19.8 Å². The van der Waals surface area contributed by atoms with Gasteiger partial charge in [0, 0.05) is 21.7 Å². The number of H-pyrrole nitrogens is 1. The number of amides is 3. The third kappa shape index (κ3) is 4.65. The molecule has 46 heavy (non-hydrogen) atoms. The van der Waals surface area contributed by atoms with Gasteiger partial charge in [-0.3, -0.25) is 24.1 Å². The second-order valence-electron chi connectivity index (χ2n) is 12.1. The number of anilines is 2. The molecule has 9 nitrogen and oxygen atoms in total. The van der Waals surface area contributed by atoms with Gasteiger partial charge in [-0.25, -0.2) is 4.39 Å². The Labute approximate surface area is 271 Å². The van der Waals surface area contributed by atoms with Crippen molar-refractivity contribution in [2.45, 2.75) is 22.6 Å². The summed E-state index contributed by atoms with van der Waals surface area (Å²) in [6.45, 7) is -0.173. The minimum Gasteiger partial charge on any atom is -0.497 e. The van der Waals surface area contributed by atoms with E-state index >= 15 is 0 Å². The van der Waals surface area contributed by atoms with Crippen molar-refractivity contribution >= 4 is 52.2 Å². The van der Waals surface area contributed by atoms with Crippen LogP contribution in [-0.2, 0) is 14.4 Å². The van der Waals surface area contributed by atoms with Crippen LogP contribution < -0.4 is 24.6 Å². The van der Waals surface area contributed by atoms with Crippen LogP contribution in [0.2, 0.25) is 0 Å². The Bertz CT molecular complexity index is 1910. The highest BCUT2D eigenvalue weighted by Gasteiger charge is 2.69. The van der Waals surface area contributed by atoms with Gasteiger partial charge in [-0.2, -0.15) is 0 Å². The van der Waals surface area contributed by atoms with Crippen LogP contribution >= 0.6 is 23.1 Å². The maximum Gasteiger partial charge on any atom is 0.305 e. The molecule has 7 atom stereocenters. The zero-order valence-corrected chi connectivity index (χ0v) is 26.1. The van der Waals surface area contributed by atoms with E-state index < -0.39 is 17.7 Å². The summed E-state index contributed by atoms with van der Waals surface area (Å²) >= 11 is 2.82. The summed E-state index contributed by atoms with van der Waals surface area (Å²) in [4.78, 5) is 57.7. The molecule has 0 radical (unpaired) electrons. The van der Waals surface area contributed by atoms with Gasteiger partial charge in [-0.15, -0.1) is 11.8 Å². The van der Waals surface area contributed by atoms with Crippen LogP contribution in [0, 0.1) is 35.4 Å². The number of hydrogen-bond donors (Lipinski definition) is 2. The van der Waals surface area contributed by atoms with Crippen LogP contribution in [0.5, 0.6) is 11.5 Å². The number of nitrogens with zero attached hydrogens (tertiary/aromatic N) is 1. The SMILES string of the molecule is COc1ccc(NC(=O)COc2ccc([C@@H]3c4sc(=O)[nH]c4S[C@@H]4[C@@H]5C[C@@H]([C@@H]6C(=O)N(c7ccc(F)cc7)C(=O)[C@@H]56)[C@H]34)cc2)cc1. The number of fused-ring (bicyclic) bond motifs is 9. The summed E-state index contributed by atoms with van der Waals surface area (Å²) in [6, 6.07) is 20.0. The fourth-order valence-electron chi connectivity index (χ4n) is 8.03. The number of aromatic amines is 1. The molecule has 2 N–H and O–H groups in total. The van der Waals surface area contributed by atoms with E-state index in [0.29, 0.717) is 22.9 Å². The number of thiazole rings is 1. The molecule has 2 aliphatic carbocycles. The van der Waals surface area contributed by atoms with E-state index in [9.17, 15) is 23.6 Å². The fourth-order valence-corrected chi connectivity index (χ4v) is 10.9. The summed E-state index contributed by atoms with van der Waals surface area (Å²) in [5.74, 6) is -0.979. The van der Waals surface area contributed by atoms with E-state index in [1.807, 2.05) is 24.3 Å². The molecule has 234 valence electrons. The standard InChI is InChI=1S/C34H28FN3O6S2/c1-43-20-12-6-18(7-13-20)36-24(39)15-44-21-10-2-16(3-11-21)25-26-22-14-23(29(26)45-31-30(25)46-34(42)37-31)28-27(22)32(40)38(33(28)41)19-8-4-17(35)5-9-19/h2-13,22-23,25-29H,14-15H2,1H3,(H,36,39)(H,37,42)/t22-,23-,25+,26-,27+,28+,29-/m1/s1. The third-order valence-electron chi connectivity index (χ3n) is 9.79. The number of nitrogens with one attached hydrogen (secondary N) is 2. The van der Waals surface area contributed by atoms with Crippen LogP contribution in [0.15, 0.2) is 82.6 Å². The smallest absolute Gasteiger partial charge is 0.305 e. The lowest BCUT2D eigenvalue weighted by Gasteiger charge is -2.43. The van der Waals surface area contributed by atoms with E-state index in [0.717, 1.165) is 21.9 Å². The van der Waals surface area contributed by atoms with E-state index in [-0.39, 0.29) is 58.1 Å². The van der Waals surface area contributed by atoms with Crippen LogP contribution in [0.3, 0.4) is 0 Å². The Morgan fingerprint density at radius 2 is 1.61 bits per heavy atom. The van der Waals surface area contributed by atoms with E-state index in [2.05, 4.69) is 10.3 Å². The predicted octanol–water partition coefficient (Wildman–Crippen LogP) is 5.28. The number of hydrogen-bond acceptors (Lipinski definition) is 8. The average molecular weight is 658 g/mol. The van der Waals surface area contributed by atoms with Crippen LogP contribution in [-0.4, -0.2) is 41.7 Å². The monoisotopic (exact) mass is 657 g/mol. The molecule has 0 spiro atoms. The maximum atomic E-state index is 13.9. The Balaban J connectivity index is 1.04. The third-order valence-corrected chi connectivity index (χ3v) is 12.4. The van der Waals surface area contributed by atoms with Gasteiger partial charge in [0.15, 0.2) is 6.61 Å². The molecule has 4 aromatic rings. The molecule has 1 aromatic heterocycles. The topological polar surface area (TPSA) is 118 Å². The first-order valence-corrected chi connectivity index (χ1v) is 16.7. The van der Waals surface area contributed by atoms with Crippen LogP contribution in [0.1, 0.15) is 22.8 Å². The lowest BCUT2D eigenvalue weighted by Crippen LogP contribution is -2.42. The molecule has 3 heterocycles. The summed E-state index contributed by atoms with van der Waals surface area (Å²) < 4.78 is 24.5. The number of ether oxygens (including phenoxy) is 2. The van der Waals surface area contributed by atoms with Crippen molar-refractivity contribution in [2.24, 2.45) is 29.6 Å². The Morgan fingerprint density at radius 3 is 2.30 bits per heavy atom. The van der Waals surface area contributed by atoms with Crippen LogP contribution in [0.25, 0.3) is 0 Å². The summed E-state index contributed by atoms with van der Waals surface area (Å²) in [5, 5.41) is 3.68. The molecule has 2 bridgehead atoms. The number of benzene rings is 3. The highest BCUT2D eigenvalue weighted by atomic mass is 32.2. The lowest BCUT2D eigenvalue weighted by atomic mass is 9.68. The number of imide groups is 1. The van der Waals surface area contributed by atoms with Gasteiger partial charge in [-0.05, 0) is 90.4 Å². The largest absolute Gasteiger partial charge is 0.497 e. The summed E-state index contributed by atoms with van der Waals surface area (Å²) in [6.07, 6.45) is 0.770. The summed E-state index contributed by atoms with van der Waals surface area (Å²) in [5.41, 5.74) is 2.01. The van der Waals surface area contributed by atoms with Crippen molar-refractivity contribution < 1.29 is 28.2 Å². The fraction of sp³-hybridized carbons (Fsp3) is 0.294. The Kier molecular flexibility index (Phi) is 7.02. The van der Waals surface area contributed by atoms with E-state index in [1.54, 1.807) is 43.1 Å². The first-order valence-electron chi connectivity index (χ1n) is 15.0. The average Bonchev–Trinajstić information content (AvgIpc) is 3.80. The number of halogens is 1. The van der Waals surface area contributed by atoms with Gasteiger partial charge in [0.1, 0.15) is 17.3 Å². The minimum absolute atomic E-state index is 0.0160. The number of carbonyl (C=O) groups is 3. The molecule has 2 aliphatic heterocycles. The molecular formula is C34H28FN3O6S2. The minimum atomic E-state index is -0.448. The maximum absolute atomic E-state index is 13.9. The zero-order chi connectivity index (χ0) is 31.7. The molecule has 0 unspecified atom stereocenters. The van der Waals surface area contributed by atoms with Crippen molar-refractivity contribution in [2.75, 3.05) is 23.9 Å². The van der Waals surface area contributed by atoms with Gasteiger partial charge in [-0.1, -0.05) is 23.5 Å². The van der Waals surface area contributed by atoms with Crippen molar-refractivity contribution in [3.63, 3.8) is 0 Å². The molecule has 4 aliphatic rings. The molecule has 1 saturated heterocycles. The molecule has 3 aromatic carbocycles. The number of carbonyl (C=O) groups excluding carboxylic acids is 3. The molecule has 3 amide bonds. The Hall–Kier alpha value is -4.42. The first kappa shape index (κ1) is 29.0. The predicted molar refractivity (Wildman–Crippen MR) is 171 cm³/mol. The van der Waals surface area contributed by atoms with E-state index in [4.69, 9.17) is 9.47 Å². The van der Waals surface area contributed by atoms with Crippen molar-refractivity contribution in [1.29, 1.82) is 0 Å². The molecule has 12 heteroatoms. The second kappa shape index (κ2) is 11.1. The van der Waals surface area contributed by atoms with Gasteiger partial charge in [0.25, 0.3) is 5.91 Å². The van der Waals surface area contributed by atoms with Gasteiger partial charge >= 0.3 is 4.87 Å². The summed E-state index contributed by atoms with van der Waals surface area (Å²) in [7, 11) is 1.58. The van der Waals surface area contributed by atoms with Crippen molar-refractivity contribution in [1.82, 2.24) is 4.98 Å². The zero-order valence-electron chi connectivity index (χ0n) is 24.5.